The summed E-state index contributed by atoms with van der Waals surface area (Å²) in [6.07, 6.45) is 4.98. The molecule has 0 radical (unpaired) electrons. The summed E-state index contributed by atoms with van der Waals surface area (Å²) >= 11 is 3.28. The van der Waals surface area contributed by atoms with E-state index in [1.807, 2.05) is 0 Å². The number of pyridine rings is 1. The number of hydrogen-bond donors (Lipinski definition) is 1. The van der Waals surface area contributed by atoms with Crippen LogP contribution in [0.5, 0.6) is 0 Å². The molecule has 0 saturated carbocycles. The fraction of sp³-hybridized carbons (Fsp3) is 0.643. The highest BCUT2D eigenvalue weighted by molar-refractivity contribution is 9.10. The lowest BCUT2D eigenvalue weighted by molar-refractivity contribution is 0.256. The molecule has 1 aliphatic heterocycles. The summed E-state index contributed by atoms with van der Waals surface area (Å²) in [6.45, 7) is 6.23. The standard InChI is InChI=1S/C14H22BrN3O2S/c1-11(2)17-7-12-4-3-5-18(10-12)21(19,20)14-6-13(15)8-16-9-14/h6,8-9,11-12,17H,3-5,7,10H2,1-2H3. The molecule has 1 saturated heterocycles. The Labute approximate surface area is 135 Å². The predicted octanol–water partition coefficient (Wildman–Crippen LogP) is 2.24. The molecule has 0 amide bonds. The monoisotopic (exact) mass is 375 g/mol. The maximum atomic E-state index is 12.7. The fourth-order valence-electron chi connectivity index (χ4n) is 2.50. The molecule has 1 aliphatic rings. The Balaban J connectivity index is 2.09. The molecule has 1 unspecified atom stereocenters. The molecule has 1 aromatic heterocycles. The van der Waals surface area contributed by atoms with Crippen molar-refractivity contribution in [2.24, 2.45) is 5.92 Å². The minimum Gasteiger partial charge on any atom is -0.314 e. The second kappa shape index (κ2) is 7.17. The number of rotatable bonds is 5. The summed E-state index contributed by atoms with van der Waals surface area (Å²) in [5.74, 6) is 0.371. The van der Waals surface area contributed by atoms with Crippen LogP contribution in [0.2, 0.25) is 0 Å². The van der Waals surface area contributed by atoms with Gasteiger partial charge >= 0.3 is 0 Å². The van der Waals surface area contributed by atoms with Crippen LogP contribution in [0, 0.1) is 5.92 Å². The number of nitrogens with one attached hydrogen (secondary N) is 1. The van der Waals surface area contributed by atoms with Crippen LogP contribution in [0.15, 0.2) is 27.8 Å². The van der Waals surface area contributed by atoms with Gasteiger partial charge in [0.25, 0.3) is 0 Å². The zero-order chi connectivity index (χ0) is 15.5. The van der Waals surface area contributed by atoms with Gasteiger partial charge in [0.15, 0.2) is 0 Å². The molecule has 21 heavy (non-hydrogen) atoms. The van der Waals surface area contributed by atoms with Crippen molar-refractivity contribution in [2.75, 3.05) is 19.6 Å². The topological polar surface area (TPSA) is 62.3 Å². The second-order valence-electron chi connectivity index (χ2n) is 5.77. The van der Waals surface area contributed by atoms with Crippen molar-refractivity contribution >= 4 is 26.0 Å². The van der Waals surface area contributed by atoms with E-state index in [4.69, 9.17) is 0 Å². The molecule has 1 atom stereocenters. The summed E-state index contributed by atoms with van der Waals surface area (Å²) in [6, 6.07) is 2.03. The van der Waals surface area contributed by atoms with Crippen molar-refractivity contribution in [3.63, 3.8) is 0 Å². The average molecular weight is 376 g/mol. The van der Waals surface area contributed by atoms with Crippen LogP contribution < -0.4 is 5.32 Å². The predicted molar refractivity (Wildman–Crippen MR) is 86.6 cm³/mol. The number of sulfonamides is 1. The molecular weight excluding hydrogens is 354 g/mol. The van der Waals surface area contributed by atoms with E-state index in [2.05, 4.69) is 40.1 Å². The third kappa shape index (κ3) is 4.48. The van der Waals surface area contributed by atoms with Gasteiger partial charge in [-0.15, -0.1) is 0 Å². The third-order valence-electron chi connectivity index (χ3n) is 3.61. The van der Waals surface area contributed by atoms with E-state index in [-0.39, 0.29) is 4.90 Å². The van der Waals surface area contributed by atoms with Crippen molar-refractivity contribution in [3.05, 3.63) is 22.9 Å². The van der Waals surface area contributed by atoms with Gasteiger partial charge in [-0.05, 0) is 47.3 Å². The van der Waals surface area contributed by atoms with Crippen LogP contribution in [0.25, 0.3) is 0 Å². The van der Waals surface area contributed by atoms with Gasteiger partial charge in [-0.1, -0.05) is 13.8 Å². The van der Waals surface area contributed by atoms with Crippen LogP contribution in [0.3, 0.4) is 0 Å². The molecule has 0 spiro atoms. The van der Waals surface area contributed by atoms with E-state index < -0.39 is 10.0 Å². The molecule has 1 N–H and O–H groups in total. The van der Waals surface area contributed by atoms with Crippen molar-refractivity contribution in [1.29, 1.82) is 0 Å². The van der Waals surface area contributed by atoms with E-state index >= 15 is 0 Å². The molecule has 118 valence electrons. The number of piperidine rings is 1. The average Bonchev–Trinajstić information content (AvgIpc) is 2.45. The SMILES string of the molecule is CC(C)NCC1CCCN(S(=O)(=O)c2cncc(Br)c2)C1. The number of hydrogen-bond acceptors (Lipinski definition) is 4. The van der Waals surface area contributed by atoms with Crippen LogP contribution >= 0.6 is 15.9 Å². The maximum absolute atomic E-state index is 12.7. The smallest absolute Gasteiger partial charge is 0.244 e. The Kier molecular flexibility index (Phi) is 5.76. The van der Waals surface area contributed by atoms with E-state index in [1.54, 1.807) is 16.6 Å². The second-order valence-corrected chi connectivity index (χ2v) is 8.63. The Morgan fingerprint density at radius 1 is 1.48 bits per heavy atom. The molecular formula is C14H22BrN3O2S. The molecule has 2 rings (SSSR count). The Hall–Kier alpha value is -0.500. The molecule has 0 aliphatic carbocycles. The van der Waals surface area contributed by atoms with E-state index in [9.17, 15) is 8.42 Å². The first-order valence-corrected chi connectivity index (χ1v) is 9.47. The summed E-state index contributed by atoms with van der Waals surface area (Å²) in [5, 5.41) is 3.39. The van der Waals surface area contributed by atoms with E-state index in [0.717, 1.165) is 19.4 Å². The van der Waals surface area contributed by atoms with E-state index in [0.29, 0.717) is 29.5 Å². The van der Waals surface area contributed by atoms with Gasteiger partial charge in [0.1, 0.15) is 4.90 Å². The molecule has 1 aromatic rings. The fourth-order valence-corrected chi connectivity index (χ4v) is 4.56. The quantitative estimate of drug-likeness (QED) is 0.856. The van der Waals surface area contributed by atoms with Gasteiger partial charge in [0, 0.05) is 36.0 Å². The zero-order valence-corrected chi connectivity index (χ0v) is 14.8. The van der Waals surface area contributed by atoms with Gasteiger partial charge < -0.3 is 5.32 Å². The van der Waals surface area contributed by atoms with Gasteiger partial charge in [0.2, 0.25) is 10.0 Å². The lowest BCUT2D eigenvalue weighted by Gasteiger charge is -2.32. The summed E-state index contributed by atoms with van der Waals surface area (Å²) in [4.78, 5) is 4.22. The van der Waals surface area contributed by atoms with Crippen LogP contribution in [-0.4, -0.2) is 43.4 Å². The molecule has 0 bridgehead atoms. The lowest BCUT2D eigenvalue weighted by atomic mass is 9.99. The first kappa shape index (κ1) is 16.9. The highest BCUT2D eigenvalue weighted by Crippen LogP contribution is 2.24. The molecule has 5 nitrogen and oxygen atoms in total. The third-order valence-corrected chi connectivity index (χ3v) is 5.88. The van der Waals surface area contributed by atoms with E-state index in [1.165, 1.54) is 6.20 Å². The Morgan fingerprint density at radius 2 is 2.24 bits per heavy atom. The van der Waals surface area contributed by atoms with Gasteiger partial charge in [-0.2, -0.15) is 4.31 Å². The minimum atomic E-state index is -3.44. The molecule has 0 aromatic carbocycles. The minimum absolute atomic E-state index is 0.259. The Bertz CT molecular complexity index is 577. The highest BCUT2D eigenvalue weighted by Gasteiger charge is 2.30. The van der Waals surface area contributed by atoms with Crippen molar-refractivity contribution in [3.8, 4) is 0 Å². The van der Waals surface area contributed by atoms with Crippen molar-refractivity contribution < 1.29 is 8.42 Å². The van der Waals surface area contributed by atoms with Crippen molar-refractivity contribution in [2.45, 2.75) is 37.6 Å². The van der Waals surface area contributed by atoms with Crippen LogP contribution in [-0.2, 0) is 10.0 Å². The van der Waals surface area contributed by atoms with Gasteiger partial charge in [-0.3, -0.25) is 4.98 Å². The summed E-state index contributed by atoms with van der Waals surface area (Å²) in [7, 11) is -3.44. The van der Waals surface area contributed by atoms with Gasteiger partial charge in [0.05, 0.1) is 0 Å². The summed E-state index contributed by atoms with van der Waals surface area (Å²) in [5.41, 5.74) is 0. The first-order chi connectivity index (χ1) is 9.89. The lowest BCUT2D eigenvalue weighted by Crippen LogP contribution is -2.43. The number of nitrogens with zero attached hydrogens (tertiary/aromatic N) is 2. The highest BCUT2D eigenvalue weighted by atomic mass is 79.9. The van der Waals surface area contributed by atoms with Gasteiger partial charge in [-0.25, -0.2) is 8.42 Å². The zero-order valence-electron chi connectivity index (χ0n) is 12.4. The number of halogens is 1. The first-order valence-electron chi connectivity index (χ1n) is 7.23. The molecule has 7 heteroatoms. The Morgan fingerprint density at radius 3 is 2.90 bits per heavy atom. The normalized spacial score (nSPS) is 20.9. The molecule has 2 heterocycles. The van der Waals surface area contributed by atoms with Crippen molar-refractivity contribution in [1.82, 2.24) is 14.6 Å². The van der Waals surface area contributed by atoms with Crippen LogP contribution in [0.1, 0.15) is 26.7 Å². The summed E-state index contributed by atoms with van der Waals surface area (Å²) < 4.78 is 27.6. The number of aromatic nitrogens is 1. The molecule has 1 fully saturated rings. The largest absolute Gasteiger partial charge is 0.314 e. The van der Waals surface area contributed by atoms with Crippen LogP contribution in [0.4, 0.5) is 0 Å². The maximum Gasteiger partial charge on any atom is 0.244 e.